The summed E-state index contributed by atoms with van der Waals surface area (Å²) in [5.74, 6) is -1.23. The second-order valence-electron chi connectivity index (χ2n) is 9.64. The Morgan fingerprint density at radius 2 is 1.14 bits per heavy atom. The van der Waals surface area contributed by atoms with Crippen LogP contribution in [0.25, 0.3) is 5.57 Å². The van der Waals surface area contributed by atoms with E-state index in [1.165, 1.54) is 17.5 Å². The minimum atomic E-state index is -1.23. The maximum Gasteiger partial charge on any atom is 0.346 e. The first-order valence-electron chi connectivity index (χ1n) is 12.7. The van der Waals surface area contributed by atoms with E-state index in [0.717, 1.165) is 69.1 Å². The van der Waals surface area contributed by atoms with Crippen molar-refractivity contribution in [2.45, 2.75) is 0 Å². The third kappa shape index (κ3) is 6.88. The van der Waals surface area contributed by atoms with Crippen molar-refractivity contribution in [3.05, 3.63) is 89.5 Å². The molecule has 2 aromatic carbocycles. The molecule has 0 atom stereocenters. The van der Waals surface area contributed by atoms with Crippen molar-refractivity contribution in [1.29, 1.82) is 5.26 Å². The number of carboxylic acids is 1. The van der Waals surface area contributed by atoms with Gasteiger partial charge in [0.25, 0.3) is 0 Å². The van der Waals surface area contributed by atoms with Crippen LogP contribution in [0.2, 0.25) is 0 Å². The Morgan fingerprint density at radius 1 is 0.730 bits per heavy atom. The Kier molecular flexibility index (Phi) is 8.78. The van der Waals surface area contributed by atoms with Gasteiger partial charge in [0, 0.05) is 63.7 Å². The fraction of sp³-hybridized carbons (Fsp3) is 0.333. The van der Waals surface area contributed by atoms with Gasteiger partial charge in [0.1, 0.15) is 11.6 Å². The van der Waals surface area contributed by atoms with Gasteiger partial charge in [-0.25, -0.2) is 4.79 Å². The molecule has 0 amide bonds. The molecular weight excluding hydrogens is 462 g/mol. The van der Waals surface area contributed by atoms with Crippen molar-refractivity contribution in [3.63, 3.8) is 0 Å². The fourth-order valence-corrected chi connectivity index (χ4v) is 4.65. The number of allylic oxidation sites excluding steroid dienone is 4. The van der Waals surface area contributed by atoms with Crippen molar-refractivity contribution in [3.8, 4) is 6.07 Å². The molecule has 1 N–H and O–H groups in total. The number of anilines is 2. The van der Waals surface area contributed by atoms with E-state index in [1.807, 2.05) is 6.08 Å². The second kappa shape index (κ2) is 12.4. The highest BCUT2D eigenvalue weighted by atomic mass is 16.4. The molecule has 2 saturated heterocycles. The normalized spacial score (nSPS) is 17.6. The molecule has 37 heavy (non-hydrogen) atoms. The minimum Gasteiger partial charge on any atom is -0.477 e. The lowest BCUT2D eigenvalue weighted by Gasteiger charge is -2.34. The van der Waals surface area contributed by atoms with Crippen LogP contribution in [0.3, 0.4) is 0 Å². The van der Waals surface area contributed by atoms with E-state index in [9.17, 15) is 4.79 Å². The number of hydrogen-bond acceptors (Lipinski definition) is 6. The summed E-state index contributed by atoms with van der Waals surface area (Å²) in [4.78, 5) is 20.6. The zero-order valence-corrected chi connectivity index (χ0v) is 21.7. The summed E-state index contributed by atoms with van der Waals surface area (Å²) in [5.41, 5.74) is 5.35. The number of carboxylic acid groups (broad SMARTS) is 1. The first kappa shape index (κ1) is 26.2. The lowest BCUT2D eigenvalue weighted by atomic mass is 9.96. The van der Waals surface area contributed by atoms with Gasteiger partial charge in [-0.3, -0.25) is 0 Å². The number of rotatable bonds is 7. The van der Waals surface area contributed by atoms with Crippen LogP contribution in [0.5, 0.6) is 0 Å². The van der Waals surface area contributed by atoms with E-state index in [1.54, 1.807) is 18.2 Å². The standard InChI is InChI=1S/C30H35N5O2/c1-32-15-19-34(20-16-32)27-11-7-24(8-12-27)29(6-4-3-5-26(23-31)30(36)37)25-9-13-28(14-10-25)35-21-17-33(2)18-22-35/h3-14H,15-22H2,1-2H3,(H,36,37). The highest BCUT2D eigenvalue weighted by Crippen LogP contribution is 2.28. The fourth-order valence-electron chi connectivity index (χ4n) is 4.65. The molecule has 2 heterocycles. The first-order chi connectivity index (χ1) is 17.9. The predicted molar refractivity (Wildman–Crippen MR) is 150 cm³/mol. The van der Waals surface area contributed by atoms with Gasteiger partial charge in [-0.05, 0) is 61.1 Å². The van der Waals surface area contributed by atoms with Crippen LogP contribution in [0.1, 0.15) is 11.1 Å². The Bertz CT molecular complexity index is 1120. The van der Waals surface area contributed by atoms with Gasteiger partial charge in [-0.15, -0.1) is 0 Å². The third-order valence-electron chi connectivity index (χ3n) is 7.08. The van der Waals surface area contributed by atoms with Gasteiger partial charge in [-0.2, -0.15) is 5.26 Å². The lowest BCUT2D eigenvalue weighted by molar-refractivity contribution is -0.132. The molecule has 0 radical (unpaired) electrons. The smallest absolute Gasteiger partial charge is 0.346 e. The molecule has 0 spiro atoms. The second-order valence-corrected chi connectivity index (χ2v) is 9.64. The third-order valence-corrected chi connectivity index (χ3v) is 7.08. The van der Waals surface area contributed by atoms with Gasteiger partial charge in [0.15, 0.2) is 0 Å². The topological polar surface area (TPSA) is 74.0 Å². The highest BCUT2D eigenvalue weighted by molar-refractivity contribution is 5.91. The monoisotopic (exact) mass is 497 g/mol. The number of piperazine rings is 2. The highest BCUT2D eigenvalue weighted by Gasteiger charge is 2.16. The van der Waals surface area contributed by atoms with Crippen molar-refractivity contribution in [2.24, 2.45) is 0 Å². The number of hydrogen-bond donors (Lipinski definition) is 1. The van der Waals surface area contributed by atoms with Crippen LogP contribution in [0.15, 0.2) is 78.4 Å². The molecule has 2 aliphatic rings. The van der Waals surface area contributed by atoms with E-state index in [-0.39, 0.29) is 5.57 Å². The zero-order chi connectivity index (χ0) is 26.2. The molecule has 7 heteroatoms. The van der Waals surface area contributed by atoms with E-state index in [0.29, 0.717) is 0 Å². The predicted octanol–water partition coefficient (Wildman–Crippen LogP) is 3.71. The molecule has 192 valence electrons. The lowest BCUT2D eigenvalue weighted by Crippen LogP contribution is -2.44. The van der Waals surface area contributed by atoms with Gasteiger partial charge >= 0.3 is 5.97 Å². The van der Waals surface area contributed by atoms with Crippen LogP contribution in [0, 0.1) is 11.3 Å². The van der Waals surface area contributed by atoms with E-state index in [2.05, 4.69) is 82.2 Å². The van der Waals surface area contributed by atoms with Crippen LogP contribution in [-0.2, 0) is 4.79 Å². The van der Waals surface area contributed by atoms with E-state index >= 15 is 0 Å². The van der Waals surface area contributed by atoms with Crippen molar-refractivity contribution in [1.82, 2.24) is 9.80 Å². The van der Waals surface area contributed by atoms with Gasteiger partial charge < -0.3 is 24.7 Å². The molecule has 0 bridgehead atoms. The summed E-state index contributed by atoms with van der Waals surface area (Å²) in [7, 11) is 4.32. The quantitative estimate of drug-likeness (QED) is 0.355. The number of carbonyl (C=O) groups is 1. The number of likely N-dealkylation sites (N-methyl/N-ethyl adjacent to an activating group) is 2. The van der Waals surface area contributed by atoms with Crippen LogP contribution in [0.4, 0.5) is 11.4 Å². The zero-order valence-electron chi connectivity index (χ0n) is 21.7. The Morgan fingerprint density at radius 3 is 1.51 bits per heavy atom. The Labute approximate surface area is 219 Å². The van der Waals surface area contributed by atoms with E-state index < -0.39 is 5.97 Å². The van der Waals surface area contributed by atoms with Crippen molar-refractivity contribution >= 4 is 22.9 Å². The summed E-state index contributed by atoms with van der Waals surface area (Å²) in [5, 5.41) is 18.1. The largest absolute Gasteiger partial charge is 0.477 e. The average molecular weight is 498 g/mol. The molecule has 0 aromatic heterocycles. The molecule has 7 nitrogen and oxygen atoms in total. The first-order valence-corrected chi connectivity index (χ1v) is 12.7. The summed E-state index contributed by atoms with van der Waals surface area (Å²) in [6, 6.07) is 19.0. The van der Waals surface area contributed by atoms with Crippen LogP contribution < -0.4 is 9.80 Å². The summed E-state index contributed by atoms with van der Waals surface area (Å²) < 4.78 is 0. The van der Waals surface area contributed by atoms with Crippen LogP contribution >= 0.6 is 0 Å². The summed E-state index contributed by atoms with van der Waals surface area (Å²) in [6.45, 7) is 8.33. The number of nitriles is 1. The molecule has 2 fully saturated rings. The molecule has 2 aromatic rings. The number of nitrogens with zero attached hydrogens (tertiary/aromatic N) is 5. The molecular formula is C30H35N5O2. The maximum atomic E-state index is 11.1. The van der Waals surface area contributed by atoms with Crippen LogP contribution in [-0.4, -0.2) is 87.3 Å². The SMILES string of the molecule is CN1CCN(c2ccc(C(=CC=CC=C(C#N)C(=O)O)c3ccc(N4CCN(C)CC4)cc3)cc2)CC1. The van der Waals surface area contributed by atoms with Crippen molar-refractivity contribution in [2.75, 3.05) is 76.3 Å². The molecule has 4 rings (SSSR count). The van der Waals surface area contributed by atoms with Gasteiger partial charge in [-0.1, -0.05) is 42.5 Å². The molecule has 2 aliphatic heterocycles. The summed E-state index contributed by atoms with van der Waals surface area (Å²) in [6.07, 6.45) is 6.69. The molecule has 0 unspecified atom stereocenters. The Hall–Kier alpha value is -3.86. The van der Waals surface area contributed by atoms with E-state index in [4.69, 9.17) is 10.4 Å². The molecule has 0 aliphatic carbocycles. The average Bonchev–Trinajstić information content (AvgIpc) is 2.92. The summed E-state index contributed by atoms with van der Waals surface area (Å²) >= 11 is 0. The number of benzene rings is 2. The van der Waals surface area contributed by atoms with Gasteiger partial charge in [0.05, 0.1) is 0 Å². The van der Waals surface area contributed by atoms with Crippen molar-refractivity contribution < 1.29 is 9.90 Å². The molecule has 0 saturated carbocycles. The maximum absolute atomic E-state index is 11.1. The van der Waals surface area contributed by atoms with Gasteiger partial charge in [0.2, 0.25) is 0 Å². The number of aliphatic carboxylic acids is 1. The minimum absolute atomic E-state index is 0.292. The Balaban J connectivity index is 1.59.